The highest BCUT2D eigenvalue weighted by Crippen LogP contribution is 2.26. The Labute approximate surface area is 143 Å². The third kappa shape index (κ3) is 3.62. The van der Waals surface area contributed by atoms with Crippen molar-refractivity contribution >= 4 is 34.6 Å². The van der Waals surface area contributed by atoms with Crippen molar-refractivity contribution < 1.29 is 14.3 Å². The first-order valence-corrected chi connectivity index (χ1v) is 8.37. The van der Waals surface area contributed by atoms with Gasteiger partial charge in [-0.3, -0.25) is 4.98 Å². The fourth-order valence-corrected chi connectivity index (χ4v) is 3.28. The molecule has 3 heterocycles. The van der Waals surface area contributed by atoms with E-state index in [9.17, 15) is 9.59 Å². The minimum absolute atomic E-state index is 0.208. The Bertz CT molecular complexity index is 771. The number of anilines is 1. The molecule has 0 saturated heterocycles. The Kier molecular flexibility index (Phi) is 4.90. The first-order valence-electron chi connectivity index (χ1n) is 7.49. The first kappa shape index (κ1) is 16.2. The molecule has 0 saturated carbocycles. The summed E-state index contributed by atoms with van der Waals surface area (Å²) in [6.07, 6.45) is 5.81. The Hall–Kier alpha value is -2.67. The van der Waals surface area contributed by atoms with Gasteiger partial charge in [-0.15, -0.1) is 11.3 Å². The second-order valence-corrected chi connectivity index (χ2v) is 6.23. The van der Waals surface area contributed by atoms with Crippen molar-refractivity contribution in [3.8, 4) is 0 Å². The van der Waals surface area contributed by atoms with E-state index in [1.165, 1.54) is 30.0 Å². The Morgan fingerprint density at radius 1 is 1.38 bits per heavy atom. The molecule has 0 spiro atoms. The molecular formula is C17H17N3O3S. The molecule has 1 aliphatic heterocycles. The van der Waals surface area contributed by atoms with Gasteiger partial charge in [-0.2, -0.15) is 0 Å². The van der Waals surface area contributed by atoms with Crippen LogP contribution in [-0.2, 0) is 4.74 Å². The number of esters is 1. The average Bonchev–Trinajstić information content (AvgIpc) is 3.16. The van der Waals surface area contributed by atoms with Crippen molar-refractivity contribution in [2.24, 2.45) is 0 Å². The lowest BCUT2D eigenvalue weighted by Crippen LogP contribution is -2.37. The Balaban J connectivity index is 1.63. The molecule has 1 N–H and O–H groups in total. The van der Waals surface area contributed by atoms with Crippen LogP contribution in [0.15, 0.2) is 42.0 Å². The van der Waals surface area contributed by atoms with E-state index >= 15 is 0 Å². The lowest BCUT2D eigenvalue weighted by Gasteiger charge is -2.26. The fraction of sp³-hybridized carbons (Fsp3) is 0.235. The number of pyridine rings is 1. The number of hydrogen-bond acceptors (Lipinski definition) is 5. The summed E-state index contributed by atoms with van der Waals surface area (Å²) in [6, 6.07) is 5.46. The molecule has 124 valence electrons. The minimum Gasteiger partial charge on any atom is -0.465 e. The van der Waals surface area contributed by atoms with Crippen LogP contribution in [0.1, 0.15) is 21.7 Å². The number of aromatic nitrogens is 1. The number of urea groups is 1. The van der Waals surface area contributed by atoms with Gasteiger partial charge in [0.05, 0.1) is 24.6 Å². The minimum atomic E-state index is -0.486. The quantitative estimate of drug-likeness (QED) is 0.869. The smallest absolute Gasteiger partial charge is 0.339 e. The normalized spacial score (nSPS) is 14.0. The van der Waals surface area contributed by atoms with Crippen molar-refractivity contribution in [2.75, 3.05) is 25.5 Å². The number of carbonyl (C=O) groups excluding carboxylic acids is 2. The summed E-state index contributed by atoms with van der Waals surface area (Å²) in [5.41, 5.74) is 2.05. The summed E-state index contributed by atoms with van der Waals surface area (Å²) in [4.78, 5) is 30.8. The number of amides is 2. The molecule has 0 fully saturated rings. The van der Waals surface area contributed by atoms with Crippen LogP contribution in [0.5, 0.6) is 0 Å². The summed E-state index contributed by atoms with van der Waals surface area (Å²) >= 11 is 1.71. The molecular weight excluding hydrogens is 326 g/mol. The van der Waals surface area contributed by atoms with Gasteiger partial charge < -0.3 is 15.0 Å². The van der Waals surface area contributed by atoms with E-state index in [1.807, 2.05) is 6.07 Å². The van der Waals surface area contributed by atoms with Crippen LogP contribution >= 0.6 is 11.3 Å². The van der Waals surface area contributed by atoms with E-state index in [-0.39, 0.29) is 6.03 Å². The highest BCUT2D eigenvalue weighted by Gasteiger charge is 2.19. The lowest BCUT2D eigenvalue weighted by atomic mass is 10.1. The van der Waals surface area contributed by atoms with E-state index in [2.05, 4.69) is 32.6 Å². The second kappa shape index (κ2) is 7.27. The predicted octanol–water partition coefficient (Wildman–Crippen LogP) is 3.25. The van der Waals surface area contributed by atoms with Crippen LogP contribution in [0, 0.1) is 0 Å². The molecule has 0 atom stereocenters. The molecule has 24 heavy (non-hydrogen) atoms. The zero-order chi connectivity index (χ0) is 16.9. The van der Waals surface area contributed by atoms with Crippen LogP contribution in [0.3, 0.4) is 0 Å². The summed E-state index contributed by atoms with van der Waals surface area (Å²) in [7, 11) is 1.30. The van der Waals surface area contributed by atoms with Crippen LogP contribution in [-0.4, -0.2) is 42.1 Å². The number of ether oxygens (including phenoxy) is 1. The third-order valence-corrected chi connectivity index (χ3v) is 4.69. The molecule has 0 aliphatic carbocycles. The first-order chi connectivity index (χ1) is 11.7. The lowest BCUT2D eigenvalue weighted by molar-refractivity contribution is 0.0600. The van der Waals surface area contributed by atoms with Crippen molar-refractivity contribution in [3.05, 3.63) is 52.5 Å². The van der Waals surface area contributed by atoms with Gasteiger partial charge in [0.15, 0.2) is 0 Å². The number of hydrogen-bond donors (Lipinski definition) is 1. The maximum Gasteiger partial charge on any atom is 0.339 e. The van der Waals surface area contributed by atoms with Gasteiger partial charge in [0.2, 0.25) is 0 Å². The maximum absolute atomic E-state index is 12.4. The highest BCUT2D eigenvalue weighted by molar-refractivity contribution is 7.11. The van der Waals surface area contributed by atoms with Crippen molar-refractivity contribution in [3.63, 3.8) is 0 Å². The second-order valence-electron chi connectivity index (χ2n) is 5.29. The number of nitrogens with one attached hydrogen (secondary N) is 1. The molecule has 3 rings (SSSR count). The predicted molar refractivity (Wildman–Crippen MR) is 93.1 cm³/mol. The number of nitrogens with zero attached hydrogens (tertiary/aromatic N) is 2. The molecule has 7 heteroatoms. The summed E-state index contributed by atoms with van der Waals surface area (Å²) < 4.78 is 4.65. The van der Waals surface area contributed by atoms with Crippen LogP contribution in [0.25, 0.3) is 5.57 Å². The van der Waals surface area contributed by atoms with Crippen molar-refractivity contribution in [2.45, 2.75) is 6.42 Å². The largest absolute Gasteiger partial charge is 0.465 e. The number of rotatable bonds is 3. The average molecular weight is 343 g/mol. The van der Waals surface area contributed by atoms with Crippen molar-refractivity contribution in [1.29, 1.82) is 0 Å². The summed E-state index contributed by atoms with van der Waals surface area (Å²) in [6.45, 7) is 1.21. The molecule has 0 aromatic carbocycles. The molecule has 2 aromatic rings. The van der Waals surface area contributed by atoms with Gasteiger partial charge >= 0.3 is 12.0 Å². The van der Waals surface area contributed by atoms with Crippen LogP contribution < -0.4 is 5.32 Å². The van der Waals surface area contributed by atoms with E-state index in [0.717, 1.165) is 6.42 Å². The SMILES string of the molecule is COC(=O)c1cncc(NC(=O)N2CC=C(c3cccs3)CC2)c1. The Morgan fingerprint density at radius 2 is 2.25 bits per heavy atom. The molecule has 0 unspecified atom stereocenters. The molecule has 6 nitrogen and oxygen atoms in total. The zero-order valence-corrected chi connectivity index (χ0v) is 14.0. The topological polar surface area (TPSA) is 71.5 Å². The van der Waals surface area contributed by atoms with E-state index < -0.39 is 5.97 Å². The Morgan fingerprint density at radius 3 is 2.92 bits per heavy atom. The van der Waals surface area contributed by atoms with E-state index in [1.54, 1.807) is 22.3 Å². The van der Waals surface area contributed by atoms with Crippen molar-refractivity contribution in [1.82, 2.24) is 9.88 Å². The van der Waals surface area contributed by atoms with Gasteiger partial charge in [-0.1, -0.05) is 12.1 Å². The molecule has 0 radical (unpaired) electrons. The zero-order valence-electron chi connectivity index (χ0n) is 13.2. The molecule has 2 aromatic heterocycles. The number of methoxy groups -OCH3 is 1. The van der Waals surface area contributed by atoms with Gasteiger partial charge in [0, 0.05) is 24.2 Å². The van der Waals surface area contributed by atoms with Gasteiger partial charge in [0.1, 0.15) is 0 Å². The molecule has 2 amide bonds. The van der Waals surface area contributed by atoms with Gasteiger partial charge in [0.25, 0.3) is 0 Å². The van der Waals surface area contributed by atoms with E-state index in [0.29, 0.717) is 24.3 Å². The monoisotopic (exact) mass is 343 g/mol. The number of thiophene rings is 1. The fourth-order valence-electron chi connectivity index (χ4n) is 2.48. The summed E-state index contributed by atoms with van der Waals surface area (Å²) in [5, 5.41) is 4.82. The summed E-state index contributed by atoms with van der Waals surface area (Å²) in [5.74, 6) is -0.486. The molecule has 1 aliphatic rings. The molecule has 0 bridgehead atoms. The number of carbonyl (C=O) groups is 2. The maximum atomic E-state index is 12.4. The third-order valence-electron chi connectivity index (χ3n) is 3.74. The van der Waals surface area contributed by atoms with Gasteiger partial charge in [-0.05, 0) is 29.5 Å². The van der Waals surface area contributed by atoms with Crippen LogP contribution in [0.4, 0.5) is 10.5 Å². The van der Waals surface area contributed by atoms with E-state index in [4.69, 9.17) is 0 Å². The standard InChI is InChI=1S/C17H17N3O3S/c1-23-16(21)13-9-14(11-18-10-13)19-17(22)20-6-4-12(5-7-20)15-3-2-8-24-15/h2-4,8-11H,5-7H2,1H3,(H,19,22). The highest BCUT2D eigenvalue weighted by atomic mass is 32.1. The van der Waals surface area contributed by atoms with Gasteiger partial charge in [-0.25, -0.2) is 9.59 Å². The van der Waals surface area contributed by atoms with Crippen LogP contribution in [0.2, 0.25) is 0 Å².